The minimum Gasteiger partial charge on any atom is -0.314 e. The molecule has 1 aromatic heterocycles. The first-order valence-electron chi connectivity index (χ1n) is 6.16. The molecule has 3 nitrogen and oxygen atoms in total. The lowest BCUT2D eigenvalue weighted by atomic mass is 10.2. The molecule has 1 saturated carbocycles. The SMILES string of the molecule is CCc1nn(C)c(CCCNC2CC2)c1Cl. The first-order valence-corrected chi connectivity index (χ1v) is 6.53. The van der Waals surface area contributed by atoms with Gasteiger partial charge in [-0.3, -0.25) is 4.68 Å². The van der Waals surface area contributed by atoms with Crippen molar-refractivity contribution in [1.29, 1.82) is 0 Å². The molecular weight excluding hydrogens is 222 g/mol. The Labute approximate surface area is 102 Å². The maximum atomic E-state index is 6.28. The third-order valence-corrected chi connectivity index (χ3v) is 3.54. The summed E-state index contributed by atoms with van der Waals surface area (Å²) in [6, 6.07) is 0.799. The van der Waals surface area contributed by atoms with E-state index >= 15 is 0 Å². The summed E-state index contributed by atoms with van der Waals surface area (Å²) in [5, 5.41) is 8.80. The van der Waals surface area contributed by atoms with Crippen LogP contribution in [0.3, 0.4) is 0 Å². The molecule has 0 amide bonds. The maximum Gasteiger partial charge on any atom is 0.0849 e. The van der Waals surface area contributed by atoms with E-state index in [9.17, 15) is 0 Å². The molecule has 0 aliphatic heterocycles. The van der Waals surface area contributed by atoms with Gasteiger partial charge in [0.05, 0.1) is 16.4 Å². The van der Waals surface area contributed by atoms with Gasteiger partial charge in [0, 0.05) is 13.1 Å². The van der Waals surface area contributed by atoms with Crippen LogP contribution in [0.15, 0.2) is 0 Å². The Hall–Kier alpha value is -0.540. The van der Waals surface area contributed by atoms with Crippen molar-refractivity contribution in [3.8, 4) is 0 Å². The molecule has 90 valence electrons. The fraction of sp³-hybridized carbons (Fsp3) is 0.750. The first-order chi connectivity index (χ1) is 7.72. The minimum absolute atomic E-state index is 0.799. The first kappa shape index (κ1) is 11.9. The van der Waals surface area contributed by atoms with Gasteiger partial charge in [-0.15, -0.1) is 0 Å². The maximum absolute atomic E-state index is 6.28. The molecule has 0 bridgehead atoms. The van der Waals surface area contributed by atoms with Gasteiger partial charge in [-0.05, 0) is 38.6 Å². The van der Waals surface area contributed by atoms with E-state index < -0.39 is 0 Å². The van der Waals surface area contributed by atoms with Gasteiger partial charge in [-0.2, -0.15) is 5.10 Å². The zero-order valence-electron chi connectivity index (χ0n) is 10.1. The molecule has 1 heterocycles. The van der Waals surface area contributed by atoms with Crippen molar-refractivity contribution in [1.82, 2.24) is 15.1 Å². The predicted molar refractivity (Wildman–Crippen MR) is 66.9 cm³/mol. The Morgan fingerprint density at radius 1 is 1.50 bits per heavy atom. The summed E-state index contributed by atoms with van der Waals surface area (Å²) in [7, 11) is 1.98. The van der Waals surface area contributed by atoms with Gasteiger partial charge in [0.2, 0.25) is 0 Å². The van der Waals surface area contributed by atoms with Crippen LogP contribution in [0, 0.1) is 0 Å². The van der Waals surface area contributed by atoms with Crippen LogP contribution in [0.5, 0.6) is 0 Å². The van der Waals surface area contributed by atoms with Gasteiger partial charge >= 0.3 is 0 Å². The fourth-order valence-electron chi connectivity index (χ4n) is 1.94. The zero-order valence-corrected chi connectivity index (χ0v) is 10.8. The summed E-state index contributed by atoms with van der Waals surface area (Å²) in [4.78, 5) is 0. The van der Waals surface area contributed by atoms with Crippen LogP contribution in [-0.4, -0.2) is 22.4 Å². The van der Waals surface area contributed by atoms with E-state index in [1.54, 1.807) is 0 Å². The summed E-state index contributed by atoms with van der Waals surface area (Å²) in [6.07, 6.45) is 5.77. The number of nitrogens with zero attached hydrogens (tertiary/aromatic N) is 2. The van der Waals surface area contributed by atoms with Crippen molar-refractivity contribution in [3.05, 3.63) is 16.4 Å². The highest BCUT2D eigenvalue weighted by atomic mass is 35.5. The fourth-order valence-corrected chi connectivity index (χ4v) is 2.33. The lowest BCUT2D eigenvalue weighted by molar-refractivity contribution is 0.619. The van der Waals surface area contributed by atoms with Crippen LogP contribution in [0.1, 0.15) is 37.6 Å². The van der Waals surface area contributed by atoms with Crippen molar-refractivity contribution in [2.45, 2.75) is 45.1 Å². The summed E-state index contributed by atoms with van der Waals surface area (Å²) in [6.45, 7) is 3.18. The highest BCUT2D eigenvalue weighted by Gasteiger charge is 2.19. The van der Waals surface area contributed by atoms with E-state index in [0.717, 1.165) is 42.6 Å². The molecule has 0 aromatic carbocycles. The van der Waals surface area contributed by atoms with Crippen LogP contribution in [-0.2, 0) is 19.9 Å². The molecule has 1 N–H and O–H groups in total. The summed E-state index contributed by atoms with van der Waals surface area (Å²) in [5.41, 5.74) is 2.20. The molecule has 1 aromatic rings. The lowest BCUT2D eigenvalue weighted by Gasteiger charge is -2.04. The van der Waals surface area contributed by atoms with Crippen molar-refractivity contribution < 1.29 is 0 Å². The van der Waals surface area contributed by atoms with Gasteiger partial charge in [-0.25, -0.2) is 0 Å². The van der Waals surface area contributed by atoms with Crippen LogP contribution >= 0.6 is 11.6 Å². The van der Waals surface area contributed by atoms with Crippen molar-refractivity contribution in [2.24, 2.45) is 7.05 Å². The zero-order chi connectivity index (χ0) is 11.5. The molecule has 1 aliphatic rings. The molecule has 1 aliphatic carbocycles. The van der Waals surface area contributed by atoms with Gasteiger partial charge < -0.3 is 5.32 Å². The Bertz CT molecular complexity index is 355. The molecule has 1 fully saturated rings. The Morgan fingerprint density at radius 2 is 2.25 bits per heavy atom. The van der Waals surface area contributed by atoms with E-state index in [1.165, 1.54) is 18.5 Å². The molecule has 0 spiro atoms. The van der Waals surface area contributed by atoms with Crippen molar-refractivity contribution in [2.75, 3.05) is 6.54 Å². The van der Waals surface area contributed by atoms with Crippen LogP contribution < -0.4 is 5.32 Å². The molecule has 0 saturated heterocycles. The van der Waals surface area contributed by atoms with Crippen molar-refractivity contribution in [3.63, 3.8) is 0 Å². The minimum atomic E-state index is 0.799. The monoisotopic (exact) mass is 241 g/mol. The topological polar surface area (TPSA) is 29.9 Å². The Kier molecular flexibility index (Phi) is 3.87. The molecule has 2 rings (SSSR count). The number of aryl methyl sites for hydroxylation is 2. The van der Waals surface area contributed by atoms with E-state index in [2.05, 4.69) is 17.3 Å². The number of hydrogen-bond donors (Lipinski definition) is 1. The standard InChI is InChI=1S/C12H20ClN3/c1-3-10-12(13)11(16(2)15-10)5-4-8-14-9-6-7-9/h9,14H,3-8H2,1-2H3. The third kappa shape index (κ3) is 2.77. The van der Waals surface area contributed by atoms with Gasteiger partial charge in [0.25, 0.3) is 0 Å². The summed E-state index contributed by atoms with van der Waals surface area (Å²) in [5.74, 6) is 0. The number of rotatable bonds is 6. The normalized spacial score (nSPS) is 15.7. The van der Waals surface area contributed by atoms with E-state index in [4.69, 9.17) is 11.6 Å². The van der Waals surface area contributed by atoms with Gasteiger partial charge in [0.1, 0.15) is 0 Å². The molecular formula is C12H20ClN3. The van der Waals surface area contributed by atoms with E-state index in [0.29, 0.717) is 0 Å². The average molecular weight is 242 g/mol. The second kappa shape index (κ2) is 5.19. The smallest absolute Gasteiger partial charge is 0.0849 e. The van der Waals surface area contributed by atoms with Crippen LogP contribution in [0.2, 0.25) is 5.02 Å². The number of halogens is 1. The lowest BCUT2D eigenvalue weighted by Crippen LogP contribution is -2.18. The second-order valence-corrected chi connectivity index (χ2v) is 4.89. The highest BCUT2D eigenvalue weighted by molar-refractivity contribution is 6.31. The molecule has 16 heavy (non-hydrogen) atoms. The van der Waals surface area contributed by atoms with Crippen LogP contribution in [0.25, 0.3) is 0 Å². The summed E-state index contributed by atoms with van der Waals surface area (Å²) < 4.78 is 1.93. The second-order valence-electron chi connectivity index (χ2n) is 4.52. The van der Waals surface area contributed by atoms with E-state index in [1.807, 2.05) is 11.7 Å². The molecule has 0 radical (unpaired) electrons. The molecule has 4 heteroatoms. The number of hydrogen-bond acceptors (Lipinski definition) is 2. The summed E-state index contributed by atoms with van der Waals surface area (Å²) >= 11 is 6.28. The largest absolute Gasteiger partial charge is 0.314 e. The average Bonchev–Trinajstić information content (AvgIpc) is 3.04. The van der Waals surface area contributed by atoms with Crippen LogP contribution in [0.4, 0.5) is 0 Å². The quantitative estimate of drug-likeness (QED) is 0.775. The predicted octanol–water partition coefficient (Wildman–Crippen LogP) is 2.32. The van der Waals surface area contributed by atoms with E-state index in [-0.39, 0.29) is 0 Å². The van der Waals surface area contributed by atoms with Gasteiger partial charge in [-0.1, -0.05) is 18.5 Å². The van der Waals surface area contributed by atoms with Crippen molar-refractivity contribution >= 4 is 11.6 Å². The van der Waals surface area contributed by atoms with Gasteiger partial charge in [0.15, 0.2) is 0 Å². The molecule has 0 unspecified atom stereocenters. The molecule has 0 atom stereocenters. The Balaban J connectivity index is 1.84. The Morgan fingerprint density at radius 3 is 2.81 bits per heavy atom. The number of aromatic nitrogens is 2. The highest BCUT2D eigenvalue weighted by Crippen LogP contribution is 2.22. The third-order valence-electron chi connectivity index (χ3n) is 3.10. The number of nitrogens with one attached hydrogen (secondary N) is 1.